The zero-order valence-electron chi connectivity index (χ0n) is 16.6. The van der Waals surface area contributed by atoms with E-state index < -0.39 is 10.0 Å². The summed E-state index contributed by atoms with van der Waals surface area (Å²) in [6, 6.07) is 17.3. The van der Waals surface area contributed by atoms with Gasteiger partial charge in [-0.3, -0.25) is 9.52 Å². The SMILES string of the molecule is COc1ccc(S(=O)(=O)Nc2ccc(C(=O)Nc3ccc4c(c3)OCCO4)cc2)cc1. The molecule has 1 amide bonds. The highest BCUT2D eigenvalue weighted by atomic mass is 32.2. The fourth-order valence-corrected chi connectivity index (χ4v) is 4.04. The molecule has 3 aromatic rings. The lowest BCUT2D eigenvalue weighted by molar-refractivity contribution is 0.102. The fraction of sp³-hybridized carbons (Fsp3) is 0.136. The van der Waals surface area contributed by atoms with Crippen LogP contribution in [-0.4, -0.2) is 34.6 Å². The molecule has 160 valence electrons. The second-order valence-electron chi connectivity index (χ2n) is 6.67. The first-order valence-electron chi connectivity index (χ1n) is 9.42. The lowest BCUT2D eigenvalue weighted by atomic mass is 10.2. The van der Waals surface area contributed by atoms with Crippen molar-refractivity contribution in [1.29, 1.82) is 0 Å². The summed E-state index contributed by atoms with van der Waals surface area (Å²) in [5, 5.41) is 2.79. The number of carbonyl (C=O) groups excluding carboxylic acids is 1. The molecule has 0 aliphatic carbocycles. The van der Waals surface area contributed by atoms with Crippen molar-refractivity contribution in [2.75, 3.05) is 30.4 Å². The molecule has 4 rings (SSSR count). The summed E-state index contributed by atoms with van der Waals surface area (Å²) in [6.07, 6.45) is 0. The van der Waals surface area contributed by atoms with E-state index in [4.69, 9.17) is 14.2 Å². The lowest BCUT2D eigenvalue weighted by Crippen LogP contribution is -2.16. The first-order chi connectivity index (χ1) is 14.9. The second-order valence-corrected chi connectivity index (χ2v) is 8.35. The largest absolute Gasteiger partial charge is 0.497 e. The number of anilines is 2. The molecular formula is C22H20N2O6S. The van der Waals surface area contributed by atoms with E-state index in [9.17, 15) is 13.2 Å². The van der Waals surface area contributed by atoms with Gasteiger partial charge in [0.2, 0.25) is 0 Å². The highest BCUT2D eigenvalue weighted by Gasteiger charge is 2.16. The fourth-order valence-electron chi connectivity index (χ4n) is 2.98. The van der Waals surface area contributed by atoms with Crippen LogP contribution in [0.25, 0.3) is 0 Å². The summed E-state index contributed by atoms with van der Waals surface area (Å²) in [4.78, 5) is 12.6. The van der Waals surface area contributed by atoms with Gasteiger partial charge in [-0.1, -0.05) is 0 Å². The van der Waals surface area contributed by atoms with E-state index in [-0.39, 0.29) is 10.8 Å². The standard InChI is InChI=1S/C22H20N2O6S/c1-28-18-7-9-19(10-8-18)31(26,27)24-16-4-2-15(3-5-16)22(25)23-17-6-11-20-21(14-17)30-13-12-29-20/h2-11,14,24H,12-13H2,1H3,(H,23,25). The predicted octanol–water partition coefficient (Wildman–Crippen LogP) is 3.52. The molecule has 0 saturated heterocycles. The van der Waals surface area contributed by atoms with Crippen molar-refractivity contribution in [3.63, 3.8) is 0 Å². The Kier molecular flexibility index (Phi) is 5.68. The third-order valence-electron chi connectivity index (χ3n) is 4.57. The molecule has 31 heavy (non-hydrogen) atoms. The number of hydrogen-bond donors (Lipinski definition) is 2. The maximum absolute atomic E-state index is 12.5. The molecule has 8 nitrogen and oxygen atoms in total. The maximum Gasteiger partial charge on any atom is 0.261 e. The highest BCUT2D eigenvalue weighted by molar-refractivity contribution is 7.92. The molecular weight excluding hydrogens is 420 g/mol. The molecule has 1 aliphatic rings. The maximum atomic E-state index is 12.5. The Balaban J connectivity index is 1.43. The number of hydrogen-bond acceptors (Lipinski definition) is 6. The monoisotopic (exact) mass is 440 g/mol. The number of nitrogens with one attached hydrogen (secondary N) is 2. The topological polar surface area (TPSA) is 103 Å². The number of amides is 1. The van der Waals surface area contributed by atoms with E-state index in [1.54, 1.807) is 42.5 Å². The molecule has 9 heteroatoms. The molecule has 0 bridgehead atoms. The number of carbonyl (C=O) groups is 1. The van der Waals surface area contributed by atoms with Crippen LogP contribution in [0.2, 0.25) is 0 Å². The minimum atomic E-state index is -3.76. The molecule has 0 unspecified atom stereocenters. The Hall–Kier alpha value is -3.72. The van der Waals surface area contributed by atoms with E-state index in [0.717, 1.165) is 0 Å². The number of methoxy groups -OCH3 is 1. The molecule has 3 aromatic carbocycles. The minimum absolute atomic E-state index is 0.105. The van der Waals surface area contributed by atoms with E-state index in [1.807, 2.05) is 0 Å². The normalized spacial score (nSPS) is 12.7. The van der Waals surface area contributed by atoms with Crippen LogP contribution in [0.15, 0.2) is 71.6 Å². The Morgan fingerprint density at radius 1 is 0.871 bits per heavy atom. The number of fused-ring (bicyclic) bond motifs is 1. The first kappa shape index (κ1) is 20.5. The van der Waals surface area contributed by atoms with Crippen molar-refractivity contribution in [3.05, 3.63) is 72.3 Å². The third-order valence-corrected chi connectivity index (χ3v) is 5.97. The van der Waals surface area contributed by atoms with Crippen LogP contribution >= 0.6 is 0 Å². The third kappa shape index (κ3) is 4.72. The van der Waals surface area contributed by atoms with Crippen LogP contribution < -0.4 is 24.2 Å². The lowest BCUT2D eigenvalue weighted by Gasteiger charge is -2.19. The Morgan fingerprint density at radius 3 is 2.19 bits per heavy atom. The van der Waals surface area contributed by atoms with Gasteiger partial charge in [-0.05, 0) is 60.7 Å². The van der Waals surface area contributed by atoms with Gasteiger partial charge in [0.25, 0.3) is 15.9 Å². The van der Waals surface area contributed by atoms with Gasteiger partial charge in [0, 0.05) is 23.0 Å². The van der Waals surface area contributed by atoms with Gasteiger partial charge < -0.3 is 19.5 Å². The smallest absolute Gasteiger partial charge is 0.261 e. The van der Waals surface area contributed by atoms with Gasteiger partial charge in [-0.2, -0.15) is 0 Å². The molecule has 0 saturated carbocycles. The summed E-state index contributed by atoms with van der Waals surface area (Å²) < 4.78 is 43.6. The summed E-state index contributed by atoms with van der Waals surface area (Å²) in [6.45, 7) is 0.950. The summed E-state index contributed by atoms with van der Waals surface area (Å²) in [7, 11) is -2.25. The zero-order chi connectivity index (χ0) is 21.8. The number of ether oxygens (including phenoxy) is 3. The van der Waals surface area contributed by atoms with Gasteiger partial charge >= 0.3 is 0 Å². The Labute approximate surface area is 179 Å². The van der Waals surface area contributed by atoms with Crippen LogP contribution in [0.3, 0.4) is 0 Å². The van der Waals surface area contributed by atoms with Gasteiger partial charge in [-0.15, -0.1) is 0 Å². The quantitative estimate of drug-likeness (QED) is 0.608. The molecule has 0 aromatic heterocycles. The van der Waals surface area contributed by atoms with Gasteiger partial charge in [0.05, 0.1) is 12.0 Å². The van der Waals surface area contributed by atoms with E-state index >= 15 is 0 Å². The number of rotatable bonds is 6. The predicted molar refractivity (Wildman–Crippen MR) is 116 cm³/mol. The summed E-state index contributed by atoms with van der Waals surface area (Å²) in [5.74, 6) is 1.44. The molecule has 0 radical (unpaired) electrons. The van der Waals surface area contributed by atoms with Crippen molar-refractivity contribution >= 4 is 27.3 Å². The van der Waals surface area contributed by atoms with Gasteiger partial charge in [0.15, 0.2) is 11.5 Å². The van der Waals surface area contributed by atoms with Crippen LogP contribution in [0, 0.1) is 0 Å². The number of sulfonamides is 1. The van der Waals surface area contributed by atoms with Crippen molar-refractivity contribution in [3.8, 4) is 17.2 Å². The number of benzene rings is 3. The van der Waals surface area contributed by atoms with Crippen LogP contribution in [-0.2, 0) is 10.0 Å². The molecule has 1 heterocycles. The minimum Gasteiger partial charge on any atom is -0.497 e. The van der Waals surface area contributed by atoms with Crippen LogP contribution in [0.1, 0.15) is 10.4 Å². The van der Waals surface area contributed by atoms with E-state index in [2.05, 4.69) is 10.0 Å². The average molecular weight is 440 g/mol. The molecule has 0 spiro atoms. The molecule has 0 atom stereocenters. The molecule has 2 N–H and O–H groups in total. The molecule has 1 aliphatic heterocycles. The van der Waals surface area contributed by atoms with Gasteiger partial charge in [-0.25, -0.2) is 8.42 Å². The molecule has 0 fully saturated rings. The van der Waals surface area contributed by atoms with Crippen molar-refractivity contribution in [1.82, 2.24) is 0 Å². The van der Waals surface area contributed by atoms with Crippen LogP contribution in [0.4, 0.5) is 11.4 Å². The average Bonchev–Trinajstić information content (AvgIpc) is 2.79. The Morgan fingerprint density at radius 2 is 1.52 bits per heavy atom. The van der Waals surface area contributed by atoms with E-state index in [1.165, 1.54) is 31.4 Å². The van der Waals surface area contributed by atoms with Crippen molar-refractivity contribution < 1.29 is 27.4 Å². The summed E-state index contributed by atoms with van der Waals surface area (Å²) >= 11 is 0. The van der Waals surface area contributed by atoms with Crippen molar-refractivity contribution in [2.24, 2.45) is 0 Å². The second kappa shape index (κ2) is 8.57. The first-order valence-corrected chi connectivity index (χ1v) is 10.9. The highest BCUT2D eigenvalue weighted by Crippen LogP contribution is 2.32. The zero-order valence-corrected chi connectivity index (χ0v) is 17.4. The van der Waals surface area contributed by atoms with Gasteiger partial charge in [0.1, 0.15) is 19.0 Å². The van der Waals surface area contributed by atoms with Crippen molar-refractivity contribution in [2.45, 2.75) is 4.90 Å². The summed E-state index contributed by atoms with van der Waals surface area (Å²) in [5.41, 5.74) is 1.28. The Bertz CT molecular complexity index is 1190. The van der Waals surface area contributed by atoms with Crippen LogP contribution in [0.5, 0.6) is 17.2 Å². The van der Waals surface area contributed by atoms with E-state index in [0.29, 0.717) is 47.4 Å².